The van der Waals surface area contributed by atoms with Crippen LogP contribution in [0.5, 0.6) is 0 Å². The Labute approximate surface area is 141 Å². The van der Waals surface area contributed by atoms with Crippen molar-refractivity contribution in [2.24, 2.45) is 0 Å². The third-order valence-electron chi connectivity index (χ3n) is 3.07. The second-order valence-corrected chi connectivity index (χ2v) is 5.07. The highest BCUT2D eigenvalue weighted by molar-refractivity contribution is 6.33. The maximum atomic E-state index is 12.0. The van der Waals surface area contributed by atoms with E-state index in [0.29, 0.717) is 16.5 Å². The first kappa shape index (κ1) is 15.5. The lowest BCUT2D eigenvalue weighted by atomic mass is 10.2. The fourth-order valence-electron chi connectivity index (χ4n) is 1.96. The van der Waals surface area contributed by atoms with Crippen LogP contribution in [0.2, 0.25) is 5.02 Å². The van der Waals surface area contributed by atoms with Gasteiger partial charge in [-0.2, -0.15) is 5.26 Å². The van der Waals surface area contributed by atoms with E-state index in [9.17, 15) is 10.1 Å². The van der Waals surface area contributed by atoms with Gasteiger partial charge in [-0.15, -0.1) is 10.2 Å². The molecule has 0 unspecified atom stereocenters. The van der Waals surface area contributed by atoms with Crippen LogP contribution in [0, 0.1) is 11.3 Å². The Morgan fingerprint density at radius 1 is 1.25 bits per heavy atom. The number of nitriles is 1. The molecule has 1 amide bonds. The first-order chi connectivity index (χ1) is 11.7. The highest BCUT2D eigenvalue weighted by atomic mass is 35.5. The number of hydrogen-bond donors (Lipinski definition) is 1. The second-order valence-electron chi connectivity index (χ2n) is 4.66. The highest BCUT2D eigenvalue weighted by Crippen LogP contribution is 2.29. The number of carbonyl (C=O) groups excluding carboxylic acids is 1. The van der Waals surface area contributed by atoms with Gasteiger partial charge in [0.05, 0.1) is 5.02 Å². The van der Waals surface area contributed by atoms with Crippen molar-refractivity contribution in [3.05, 3.63) is 65.4 Å². The number of aromatic nitrogens is 3. The molecule has 1 aromatic carbocycles. The van der Waals surface area contributed by atoms with Crippen molar-refractivity contribution in [1.82, 2.24) is 14.9 Å². The van der Waals surface area contributed by atoms with Crippen molar-refractivity contribution in [2.75, 3.05) is 5.43 Å². The molecule has 2 heterocycles. The van der Waals surface area contributed by atoms with E-state index in [1.807, 2.05) is 24.3 Å². The van der Waals surface area contributed by atoms with Crippen molar-refractivity contribution in [2.45, 2.75) is 0 Å². The van der Waals surface area contributed by atoms with Gasteiger partial charge in [0.1, 0.15) is 35.8 Å². The Balaban J connectivity index is 1.83. The predicted molar refractivity (Wildman–Crippen MR) is 87.1 cm³/mol. The summed E-state index contributed by atoms with van der Waals surface area (Å²) in [4.78, 5) is 12.0. The first-order valence-corrected chi connectivity index (χ1v) is 7.17. The van der Waals surface area contributed by atoms with Gasteiger partial charge in [-0.05, 0) is 24.3 Å². The van der Waals surface area contributed by atoms with Crippen LogP contribution in [-0.2, 0) is 4.79 Å². The van der Waals surface area contributed by atoms with E-state index in [0.717, 1.165) is 5.56 Å². The molecule has 0 saturated heterocycles. The average molecular weight is 340 g/mol. The molecule has 8 heteroatoms. The number of hydrogen-bond acceptors (Lipinski definition) is 5. The van der Waals surface area contributed by atoms with Crippen LogP contribution in [-0.4, -0.2) is 20.8 Å². The molecule has 0 fully saturated rings. The van der Waals surface area contributed by atoms with E-state index >= 15 is 0 Å². The largest absolute Gasteiger partial charge is 0.457 e. The topological polar surface area (TPSA) is 96.7 Å². The lowest BCUT2D eigenvalue weighted by molar-refractivity contribution is -0.113. The van der Waals surface area contributed by atoms with Crippen molar-refractivity contribution in [3.63, 3.8) is 0 Å². The molecular weight excluding hydrogens is 330 g/mol. The zero-order chi connectivity index (χ0) is 16.9. The van der Waals surface area contributed by atoms with Gasteiger partial charge in [-0.3, -0.25) is 10.2 Å². The SMILES string of the molecule is N#C/C(=C\c1ccc(-c2ccccc2Cl)o1)C(=O)Nn1cnnc1. The Morgan fingerprint density at radius 3 is 2.71 bits per heavy atom. The van der Waals surface area contributed by atoms with Gasteiger partial charge in [-0.25, -0.2) is 4.68 Å². The van der Waals surface area contributed by atoms with E-state index in [2.05, 4.69) is 15.6 Å². The summed E-state index contributed by atoms with van der Waals surface area (Å²) in [7, 11) is 0. The molecule has 0 aliphatic heterocycles. The number of nitrogens with one attached hydrogen (secondary N) is 1. The minimum Gasteiger partial charge on any atom is -0.457 e. The fraction of sp³-hybridized carbons (Fsp3) is 0. The molecular formula is C16H10ClN5O2. The maximum Gasteiger partial charge on any atom is 0.280 e. The minimum atomic E-state index is -0.604. The average Bonchev–Trinajstić information content (AvgIpc) is 3.24. The monoisotopic (exact) mass is 339 g/mol. The Morgan fingerprint density at radius 2 is 2.00 bits per heavy atom. The normalized spacial score (nSPS) is 11.1. The first-order valence-electron chi connectivity index (χ1n) is 6.80. The van der Waals surface area contributed by atoms with Gasteiger partial charge in [0.25, 0.3) is 5.91 Å². The molecule has 0 atom stereocenters. The van der Waals surface area contributed by atoms with Gasteiger partial charge >= 0.3 is 0 Å². The second kappa shape index (κ2) is 6.81. The van der Waals surface area contributed by atoms with E-state index in [4.69, 9.17) is 16.0 Å². The van der Waals surface area contributed by atoms with Crippen molar-refractivity contribution < 1.29 is 9.21 Å². The number of amides is 1. The van der Waals surface area contributed by atoms with Gasteiger partial charge in [-0.1, -0.05) is 23.7 Å². The molecule has 0 radical (unpaired) electrons. The molecule has 3 aromatic rings. The van der Waals surface area contributed by atoms with Crippen LogP contribution < -0.4 is 5.43 Å². The van der Waals surface area contributed by atoms with Crippen LogP contribution in [0.25, 0.3) is 17.4 Å². The smallest absolute Gasteiger partial charge is 0.280 e. The summed E-state index contributed by atoms with van der Waals surface area (Å²) in [5.74, 6) is 0.303. The van der Waals surface area contributed by atoms with E-state index in [-0.39, 0.29) is 5.57 Å². The quantitative estimate of drug-likeness (QED) is 0.582. The summed E-state index contributed by atoms with van der Waals surface area (Å²) in [5.41, 5.74) is 3.05. The molecule has 3 rings (SSSR count). The van der Waals surface area contributed by atoms with E-state index in [1.54, 1.807) is 18.2 Å². The number of halogens is 1. The van der Waals surface area contributed by atoms with Crippen LogP contribution in [0.3, 0.4) is 0 Å². The standard InChI is InChI=1S/C16H10ClN5O2/c17-14-4-2-1-3-13(14)15-6-5-12(24-15)7-11(8-18)16(23)21-22-9-19-20-10-22/h1-7,9-10H,(H,21,23)/b11-7+. The molecule has 0 spiro atoms. The number of rotatable bonds is 4. The summed E-state index contributed by atoms with van der Waals surface area (Å²) in [6.07, 6.45) is 3.95. The Bertz CT molecular complexity index is 938. The summed E-state index contributed by atoms with van der Waals surface area (Å²) < 4.78 is 6.89. The summed E-state index contributed by atoms with van der Waals surface area (Å²) in [5, 5.41) is 16.8. The van der Waals surface area contributed by atoms with Crippen LogP contribution >= 0.6 is 11.6 Å². The summed E-state index contributed by atoms with van der Waals surface area (Å²) in [6.45, 7) is 0. The molecule has 0 saturated carbocycles. The van der Waals surface area contributed by atoms with Gasteiger partial charge in [0.15, 0.2) is 0 Å². The number of furan rings is 1. The van der Waals surface area contributed by atoms with Gasteiger partial charge in [0, 0.05) is 11.6 Å². The third-order valence-corrected chi connectivity index (χ3v) is 3.40. The fourth-order valence-corrected chi connectivity index (χ4v) is 2.19. The van der Waals surface area contributed by atoms with Crippen molar-refractivity contribution in [1.29, 1.82) is 5.26 Å². The molecule has 2 aromatic heterocycles. The van der Waals surface area contributed by atoms with Crippen LogP contribution in [0.1, 0.15) is 5.76 Å². The lowest BCUT2D eigenvalue weighted by Crippen LogP contribution is -2.22. The molecule has 0 aliphatic carbocycles. The van der Waals surface area contributed by atoms with Crippen LogP contribution in [0.15, 0.2) is 59.0 Å². The Hall–Kier alpha value is -3.37. The molecule has 1 N–H and O–H groups in total. The van der Waals surface area contributed by atoms with Crippen LogP contribution in [0.4, 0.5) is 0 Å². The van der Waals surface area contributed by atoms with E-state index < -0.39 is 5.91 Å². The summed E-state index contributed by atoms with van der Waals surface area (Å²) in [6, 6.07) is 12.4. The van der Waals surface area contributed by atoms with Crippen molar-refractivity contribution in [3.8, 4) is 17.4 Å². The molecule has 118 valence electrons. The van der Waals surface area contributed by atoms with Gasteiger partial charge < -0.3 is 4.42 Å². The van der Waals surface area contributed by atoms with Crippen molar-refractivity contribution >= 4 is 23.6 Å². The molecule has 0 bridgehead atoms. The molecule has 7 nitrogen and oxygen atoms in total. The number of carbonyl (C=O) groups is 1. The number of nitrogens with zero attached hydrogens (tertiary/aromatic N) is 4. The third kappa shape index (κ3) is 3.34. The molecule has 0 aliphatic rings. The molecule has 24 heavy (non-hydrogen) atoms. The number of benzene rings is 1. The summed E-state index contributed by atoms with van der Waals surface area (Å²) >= 11 is 6.12. The van der Waals surface area contributed by atoms with E-state index in [1.165, 1.54) is 23.4 Å². The zero-order valence-electron chi connectivity index (χ0n) is 12.2. The maximum absolute atomic E-state index is 12.0. The van der Waals surface area contributed by atoms with Gasteiger partial charge in [0.2, 0.25) is 0 Å². The predicted octanol–water partition coefficient (Wildman–Crippen LogP) is 2.87. The Kier molecular flexibility index (Phi) is 4.40. The highest BCUT2D eigenvalue weighted by Gasteiger charge is 2.12. The minimum absolute atomic E-state index is 0.122. The lowest BCUT2D eigenvalue weighted by Gasteiger charge is -2.02. The zero-order valence-corrected chi connectivity index (χ0v) is 12.9.